The third-order valence-corrected chi connectivity index (χ3v) is 4.36. The summed E-state index contributed by atoms with van der Waals surface area (Å²) in [6.45, 7) is 8.50. The molecule has 1 aromatic carbocycles. The first kappa shape index (κ1) is 15.0. The molecule has 0 spiro atoms. The molecule has 0 saturated carbocycles. The SMILES string of the molecule is COc1ccccc1[C@@H](C)NC(C)c1nc(C)sc1C. The van der Waals surface area contributed by atoms with E-state index < -0.39 is 0 Å². The molecule has 0 radical (unpaired) electrons. The van der Waals surface area contributed by atoms with E-state index in [1.54, 1.807) is 18.4 Å². The molecular weight excluding hydrogens is 268 g/mol. The van der Waals surface area contributed by atoms with Crippen LogP contribution in [0.3, 0.4) is 0 Å². The molecule has 1 N–H and O–H groups in total. The maximum Gasteiger partial charge on any atom is 0.123 e. The van der Waals surface area contributed by atoms with Crippen LogP contribution in [0.25, 0.3) is 0 Å². The number of thiazole rings is 1. The summed E-state index contributed by atoms with van der Waals surface area (Å²) in [7, 11) is 1.71. The number of methoxy groups -OCH3 is 1. The molecule has 108 valence electrons. The van der Waals surface area contributed by atoms with E-state index in [0.717, 1.165) is 16.5 Å². The van der Waals surface area contributed by atoms with E-state index >= 15 is 0 Å². The normalized spacial score (nSPS) is 14.1. The zero-order chi connectivity index (χ0) is 14.7. The van der Waals surface area contributed by atoms with Crippen LogP contribution < -0.4 is 10.1 Å². The number of ether oxygens (including phenoxy) is 1. The molecule has 20 heavy (non-hydrogen) atoms. The lowest BCUT2D eigenvalue weighted by Crippen LogP contribution is -2.23. The number of benzene rings is 1. The maximum absolute atomic E-state index is 5.43. The Kier molecular flexibility index (Phi) is 4.78. The Morgan fingerprint density at radius 1 is 1.15 bits per heavy atom. The van der Waals surface area contributed by atoms with Gasteiger partial charge in [0.25, 0.3) is 0 Å². The van der Waals surface area contributed by atoms with E-state index in [1.165, 1.54) is 10.4 Å². The molecule has 0 bridgehead atoms. The molecule has 0 amide bonds. The maximum atomic E-state index is 5.43. The third kappa shape index (κ3) is 3.19. The summed E-state index contributed by atoms with van der Waals surface area (Å²) < 4.78 is 5.43. The molecular formula is C16H22N2OS. The van der Waals surface area contributed by atoms with Gasteiger partial charge in [-0.2, -0.15) is 0 Å². The summed E-state index contributed by atoms with van der Waals surface area (Å²) in [5.41, 5.74) is 2.32. The van der Waals surface area contributed by atoms with Gasteiger partial charge in [-0.25, -0.2) is 4.98 Å². The molecule has 2 rings (SSSR count). The lowest BCUT2D eigenvalue weighted by molar-refractivity contribution is 0.396. The van der Waals surface area contributed by atoms with E-state index in [1.807, 2.05) is 18.2 Å². The van der Waals surface area contributed by atoms with Crippen molar-refractivity contribution in [3.05, 3.63) is 45.4 Å². The molecule has 4 heteroatoms. The molecule has 0 fully saturated rings. The average molecular weight is 290 g/mol. The summed E-state index contributed by atoms with van der Waals surface area (Å²) in [6.07, 6.45) is 0. The highest BCUT2D eigenvalue weighted by Gasteiger charge is 2.17. The lowest BCUT2D eigenvalue weighted by Gasteiger charge is -2.21. The standard InChI is InChI=1S/C16H22N2OS/c1-10(14-8-6-7-9-15(14)19-5)17-11(2)16-12(3)20-13(4)18-16/h6-11,17H,1-5H3/t10-,11?/m1/s1. The zero-order valence-electron chi connectivity index (χ0n) is 12.7. The van der Waals surface area contributed by atoms with E-state index in [9.17, 15) is 0 Å². The van der Waals surface area contributed by atoms with Crippen molar-refractivity contribution in [2.24, 2.45) is 0 Å². The van der Waals surface area contributed by atoms with Gasteiger partial charge < -0.3 is 10.1 Å². The highest BCUT2D eigenvalue weighted by molar-refractivity contribution is 7.11. The first-order valence-corrected chi connectivity index (χ1v) is 7.67. The Labute approximate surface area is 125 Å². The van der Waals surface area contributed by atoms with Crippen LogP contribution in [-0.4, -0.2) is 12.1 Å². The Hall–Kier alpha value is -1.39. The number of para-hydroxylation sites is 1. The minimum atomic E-state index is 0.211. The molecule has 0 aliphatic carbocycles. The summed E-state index contributed by atoms with van der Waals surface area (Å²) in [4.78, 5) is 5.91. The average Bonchev–Trinajstić information content (AvgIpc) is 2.77. The number of nitrogens with zero attached hydrogens (tertiary/aromatic N) is 1. The van der Waals surface area contributed by atoms with Crippen LogP contribution in [-0.2, 0) is 0 Å². The summed E-state index contributed by atoms with van der Waals surface area (Å²) in [5, 5.41) is 4.73. The first-order chi connectivity index (χ1) is 9.52. The molecule has 1 heterocycles. The number of aromatic nitrogens is 1. The van der Waals surface area contributed by atoms with Crippen LogP contribution in [0.4, 0.5) is 0 Å². The topological polar surface area (TPSA) is 34.1 Å². The van der Waals surface area contributed by atoms with Crippen LogP contribution in [0.15, 0.2) is 24.3 Å². The number of rotatable bonds is 5. The second-order valence-electron chi connectivity index (χ2n) is 5.03. The molecule has 3 nitrogen and oxygen atoms in total. The minimum Gasteiger partial charge on any atom is -0.496 e. The van der Waals surface area contributed by atoms with Crippen molar-refractivity contribution in [2.45, 2.75) is 39.8 Å². The number of hydrogen-bond acceptors (Lipinski definition) is 4. The summed E-state index contributed by atoms with van der Waals surface area (Å²) in [6, 6.07) is 8.56. The predicted octanol–water partition coefficient (Wildman–Crippen LogP) is 4.18. The van der Waals surface area contributed by atoms with E-state index in [4.69, 9.17) is 4.74 Å². The van der Waals surface area contributed by atoms with Crippen molar-refractivity contribution in [3.63, 3.8) is 0 Å². The molecule has 0 saturated heterocycles. The monoisotopic (exact) mass is 290 g/mol. The van der Waals surface area contributed by atoms with E-state index in [2.05, 4.69) is 44.1 Å². The highest BCUT2D eigenvalue weighted by atomic mass is 32.1. The fraction of sp³-hybridized carbons (Fsp3) is 0.438. The Balaban J connectivity index is 2.15. The fourth-order valence-electron chi connectivity index (χ4n) is 2.51. The Morgan fingerprint density at radius 2 is 1.85 bits per heavy atom. The van der Waals surface area contributed by atoms with Gasteiger partial charge in [0.1, 0.15) is 5.75 Å². The van der Waals surface area contributed by atoms with Gasteiger partial charge in [0, 0.05) is 22.5 Å². The van der Waals surface area contributed by atoms with Gasteiger partial charge in [-0.3, -0.25) is 0 Å². The van der Waals surface area contributed by atoms with Gasteiger partial charge in [-0.1, -0.05) is 18.2 Å². The quantitative estimate of drug-likeness (QED) is 0.897. The number of aryl methyl sites for hydroxylation is 2. The summed E-state index contributed by atoms with van der Waals surface area (Å²) in [5.74, 6) is 0.922. The van der Waals surface area contributed by atoms with Crippen molar-refractivity contribution in [1.29, 1.82) is 0 Å². The van der Waals surface area contributed by atoms with Crippen LogP contribution in [0.1, 0.15) is 47.1 Å². The van der Waals surface area contributed by atoms with Crippen molar-refractivity contribution < 1.29 is 4.74 Å². The Morgan fingerprint density at radius 3 is 2.45 bits per heavy atom. The van der Waals surface area contributed by atoms with Gasteiger partial charge in [-0.05, 0) is 33.8 Å². The Bertz CT molecular complexity index is 580. The molecule has 1 aromatic heterocycles. The van der Waals surface area contributed by atoms with Crippen LogP contribution in [0, 0.1) is 13.8 Å². The van der Waals surface area contributed by atoms with Gasteiger partial charge in [-0.15, -0.1) is 11.3 Å². The van der Waals surface area contributed by atoms with Crippen molar-refractivity contribution >= 4 is 11.3 Å². The molecule has 0 aliphatic rings. The summed E-state index contributed by atoms with van der Waals surface area (Å²) >= 11 is 1.75. The third-order valence-electron chi connectivity index (χ3n) is 3.45. The van der Waals surface area contributed by atoms with Crippen LogP contribution >= 0.6 is 11.3 Å². The van der Waals surface area contributed by atoms with E-state index in [0.29, 0.717) is 0 Å². The number of hydrogen-bond donors (Lipinski definition) is 1. The van der Waals surface area contributed by atoms with Gasteiger partial charge >= 0.3 is 0 Å². The van der Waals surface area contributed by atoms with Crippen LogP contribution in [0.5, 0.6) is 5.75 Å². The number of nitrogens with one attached hydrogen (secondary N) is 1. The highest BCUT2D eigenvalue weighted by Crippen LogP contribution is 2.28. The fourth-order valence-corrected chi connectivity index (χ4v) is 3.43. The molecule has 2 aromatic rings. The van der Waals surface area contributed by atoms with Crippen molar-refractivity contribution in [3.8, 4) is 5.75 Å². The minimum absolute atomic E-state index is 0.211. The van der Waals surface area contributed by atoms with Crippen LogP contribution in [0.2, 0.25) is 0 Å². The van der Waals surface area contributed by atoms with Gasteiger partial charge in [0.2, 0.25) is 0 Å². The molecule has 0 aliphatic heterocycles. The smallest absolute Gasteiger partial charge is 0.123 e. The lowest BCUT2D eigenvalue weighted by atomic mass is 10.1. The first-order valence-electron chi connectivity index (χ1n) is 6.85. The van der Waals surface area contributed by atoms with Gasteiger partial charge in [0.05, 0.1) is 17.8 Å². The largest absolute Gasteiger partial charge is 0.496 e. The zero-order valence-corrected chi connectivity index (χ0v) is 13.5. The molecule has 2 atom stereocenters. The van der Waals surface area contributed by atoms with Crippen molar-refractivity contribution in [1.82, 2.24) is 10.3 Å². The van der Waals surface area contributed by atoms with E-state index in [-0.39, 0.29) is 12.1 Å². The second-order valence-corrected chi connectivity index (χ2v) is 6.43. The predicted molar refractivity (Wildman–Crippen MR) is 84.5 cm³/mol. The second kappa shape index (κ2) is 6.37. The van der Waals surface area contributed by atoms with Crippen molar-refractivity contribution in [2.75, 3.05) is 7.11 Å². The molecule has 1 unspecified atom stereocenters. The van der Waals surface area contributed by atoms with Gasteiger partial charge in [0.15, 0.2) is 0 Å².